The molecular formula is C14H28O3S. The molecule has 1 aliphatic carbocycles. The van der Waals surface area contributed by atoms with Crippen LogP contribution in [0.1, 0.15) is 59.3 Å². The van der Waals surface area contributed by atoms with E-state index in [9.17, 15) is 8.42 Å². The summed E-state index contributed by atoms with van der Waals surface area (Å²) in [6.07, 6.45) is 8.53. The summed E-state index contributed by atoms with van der Waals surface area (Å²) in [6.45, 7) is 7.16. The van der Waals surface area contributed by atoms with E-state index >= 15 is 0 Å². The summed E-state index contributed by atoms with van der Waals surface area (Å²) in [5.41, 5.74) is 0.382. The van der Waals surface area contributed by atoms with E-state index in [1.165, 1.54) is 32.1 Å². The van der Waals surface area contributed by atoms with E-state index in [2.05, 4.69) is 20.8 Å². The van der Waals surface area contributed by atoms with E-state index in [-0.39, 0.29) is 0 Å². The average Bonchev–Trinajstić information content (AvgIpc) is 2.74. The molecule has 0 radical (unpaired) electrons. The zero-order valence-corrected chi connectivity index (χ0v) is 13.1. The van der Waals surface area contributed by atoms with Crippen molar-refractivity contribution >= 4 is 10.1 Å². The van der Waals surface area contributed by atoms with Gasteiger partial charge in [0.05, 0.1) is 12.9 Å². The van der Waals surface area contributed by atoms with Gasteiger partial charge in [0.25, 0.3) is 10.1 Å². The third kappa shape index (κ3) is 4.88. The summed E-state index contributed by atoms with van der Waals surface area (Å²) >= 11 is 0. The van der Waals surface area contributed by atoms with Crippen molar-refractivity contribution in [3.8, 4) is 0 Å². The third-order valence-corrected chi connectivity index (χ3v) is 4.98. The number of hydrogen-bond donors (Lipinski definition) is 0. The first-order valence-corrected chi connectivity index (χ1v) is 8.95. The van der Waals surface area contributed by atoms with Crippen LogP contribution in [0.3, 0.4) is 0 Å². The minimum absolute atomic E-state index is 0.346. The van der Waals surface area contributed by atoms with Gasteiger partial charge in [0.2, 0.25) is 0 Å². The van der Waals surface area contributed by atoms with Crippen LogP contribution in [0.15, 0.2) is 0 Å². The fraction of sp³-hybridized carbons (Fsp3) is 1.00. The van der Waals surface area contributed by atoms with Crippen LogP contribution in [-0.4, -0.2) is 21.3 Å². The molecule has 0 bridgehead atoms. The first kappa shape index (κ1) is 16.0. The summed E-state index contributed by atoms with van der Waals surface area (Å²) in [4.78, 5) is 0. The van der Waals surface area contributed by atoms with Crippen LogP contribution >= 0.6 is 0 Å². The van der Waals surface area contributed by atoms with Crippen LogP contribution < -0.4 is 0 Å². The molecule has 108 valence electrons. The van der Waals surface area contributed by atoms with Crippen molar-refractivity contribution in [2.75, 3.05) is 12.9 Å². The van der Waals surface area contributed by atoms with Crippen LogP contribution in [0.2, 0.25) is 0 Å². The fourth-order valence-electron chi connectivity index (χ4n) is 3.12. The van der Waals surface area contributed by atoms with E-state index in [4.69, 9.17) is 4.18 Å². The Hall–Kier alpha value is -0.0900. The highest BCUT2D eigenvalue weighted by molar-refractivity contribution is 7.85. The Kier molecular flexibility index (Phi) is 5.66. The van der Waals surface area contributed by atoms with Crippen molar-refractivity contribution in [2.45, 2.75) is 59.3 Å². The summed E-state index contributed by atoms with van der Waals surface area (Å²) < 4.78 is 26.6. The lowest BCUT2D eigenvalue weighted by atomic mass is 10.0. The molecule has 1 rings (SSSR count). The number of rotatable bonds is 9. The maximum absolute atomic E-state index is 10.9. The van der Waals surface area contributed by atoms with Gasteiger partial charge in [0.15, 0.2) is 0 Å². The van der Waals surface area contributed by atoms with E-state index in [0.717, 1.165) is 18.6 Å². The van der Waals surface area contributed by atoms with E-state index in [1.54, 1.807) is 0 Å². The maximum Gasteiger partial charge on any atom is 0.264 e. The Morgan fingerprint density at radius 3 is 2.22 bits per heavy atom. The van der Waals surface area contributed by atoms with Crippen molar-refractivity contribution in [3.63, 3.8) is 0 Å². The van der Waals surface area contributed by atoms with Gasteiger partial charge in [-0.15, -0.1) is 0 Å². The first-order chi connectivity index (χ1) is 8.29. The second kappa shape index (κ2) is 6.38. The first-order valence-electron chi connectivity index (χ1n) is 7.13. The lowest BCUT2D eigenvalue weighted by Gasteiger charge is -2.02. The van der Waals surface area contributed by atoms with Crippen molar-refractivity contribution in [3.05, 3.63) is 0 Å². The predicted molar refractivity (Wildman–Crippen MR) is 74.9 cm³/mol. The summed E-state index contributed by atoms with van der Waals surface area (Å²) in [5, 5.41) is 0. The zero-order chi connectivity index (χ0) is 13.8. The van der Waals surface area contributed by atoms with E-state index < -0.39 is 10.1 Å². The number of unbranched alkanes of at least 4 members (excludes halogenated alkanes) is 3. The van der Waals surface area contributed by atoms with Crippen LogP contribution in [0.5, 0.6) is 0 Å². The van der Waals surface area contributed by atoms with Gasteiger partial charge in [-0.05, 0) is 30.1 Å². The molecule has 0 spiro atoms. The Morgan fingerprint density at radius 1 is 1.06 bits per heavy atom. The van der Waals surface area contributed by atoms with Gasteiger partial charge in [-0.1, -0.05) is 46.5 Å². The Balaban J connectivity index is 2.22. The molecule has 4 heteroatoms. The molecule has 1 saturated carbocycles. The van der Waals surface area contributed by atoms with Crippen LogP contribution in [0, 0.1) is 17.3 Å². The molecule has 0 aromatic carbocycles. The molecular weight excluding hydrogens is 248 g/mol. The smallest absolute Gasteiger partial charge is 0.264 e. The van der Waals surface area contributed by atoms with Crippen molar-refractivity contribution in [1.82, 2.24) is 0 Å². The van der Waals surface area contributed by atoms with Gasteiger partial charge >= 0.3 is 0 Å². The predicted octanol–water partition coefficient (Wildman–Crippen LogP) is 3.60. The standard InChI is InChI=1S/C14H28O3S/c1-5-6-7-8-9-12-13(14(12,2)3)10-11-17-18(4,15)16/h12-13H,5-11H2,1-4H3. The molecule has 1 fully saturated rings. The van der Waals surface area contributed by atoms with Crippen LogP contribution in [0.4, 0.5) is 0 Å². The maximum atomic E-state index is 10.9. The summed E-state index contributed by atoms with van der Waals surface area (Å²) in [7, 11) is -3.27. The van der Waals surface area contributed by atoms with E-state index in [1.807, 2.05) is 0 Å². The fourth-order valence-corrected chi connectivity index (χ4v) is 3.52. The van der Waals surface area contributed by atoms with Crippen molar-refractivity contribution < 1.29 is 12.6 Å². The lowest BCUT2D eigenvalue weighted by molar-refractivity contribution is 0.297. The molecule has 2 unspecified atom stereocenters. The molecule has 2 atom stereocenters. The van der Waals surface area contributed by atoms with Crippen molar-refractivity contribution in [1.29, 1.82) is 0 Å². The molecule has 0 aliphatic heterocycles. The molecule has 0 N–H and O–H groups in total. The molecule has 0 saturated heterocycles. The topological polar surface area (TPSA) is 43.4 Å². The molecule has 0 heterocycles. The molecule has 0 aromatic heterocycles. The van der Waals surface area contributed by atoms with Gasteiger partial charge < -0.3 is 0 Å². The Labute approximate surface area is 112 Å². The Morgan fingerprint density at radius 2 is 1.67 bits per heavy atom. The van der Waals surface area contributed by atoms with E-state index in [0.29, 0.717) is 17.9 Å². The quantitative estimate of drug-likeness (QED) is 0.477. The molecule has 0 aromatic rings. The largest absolute Gasteiger partial charge is 0.270 e. The average molecular weight is 276 g/mol. The minimum atomic E-state index is -3.27. The zero-order valence-electron chi connectivity index (χ0n) is 12.2. The van der Waals surface area contributed by atoms with Crippen LogP contribution in [-0.2, 0) is 14.3 Å². The second-order valence-electron chi connectivity index (χ2n) is 6.20. The second-order valence-corrected chi connectivity index (χ2v) is 7.84. The highest BCUT2D eigenvalue weighted by Gasteiger charge is 2.55. The van der Waals surface area contributed by atoms with Gasteiger partial charge in [0, 0.05) is 0 Å². The van der Waals surface area contributed by atoms with Gasteiger partial charge in [-0.25, -0.2) is 0 Å². The van der Waals surface area contributed by atoms with Crippen LogP contribution in [0.25, 0.3) is 0 Å². The van der Waals surface area contributed by atoms with Gasteiger partial charge in [-0.3, -0.25) is 4.18 Å². The van der Waals surface area contributed by atoms with Gasteiger partial charge in [-0.2, -0.15) is 8.42 Å². The number of hydrogen-bond acceptors (Lipinski definition) is 3. The SMILES string of the molecule is CCCCCCC1C(CCOS(C)(=O)=O)C1(C)C. The Bertz CT molecular complexity index is 346. The molecule has 0 amide bonds. The minimum Gasteiger partial charge on any atom is -0.270 e. The molecule has 3 nitrogen and oxygen atoms in total. The third-order valence-electron chi connectivity index (χ3n) is 4.38. The molecule has 18 heavy (non-hydrogen) atoms. The van der Waals surface area contributed by atoms with Gasteiger partial charge in [0.1, 0.15) is 0 Å². The van der Waals surface area contributed by atoms with Crippen molar-refractivity contribution in [2.24, 2.45) is 17.3 Å². The normalized spacial score (nSPS) is 26.2. The molecule has 1 aliphatic rings. The monoisotopic (exact) mass is 276 g/mol. The summed E-state index contributed by atoms with van der Waals surface area (Å²) in [6, 6.07) is 0. The lowest BCUT2D eigenvalue weighted by Crippen LogP contribution is -2.05. The highest BCUT2D eigenvalue weighted by Crippen LogP contribution is 2.62. The highest BCUT2D eigenvalue weighted by atomic mass is 32.2. The summed E-state index contributed by atoms with van der Waals surface area (Å²) in [5.74, 6) is 1.40.